The van der Waals surface area contributed by atoms with Crippen molar-refractivity contribution < 1.29 is 19.4 Å². The van der Waals surface area contributed by atoms with E-state index >= 15 is 0 Å². The molecule has 0 aliphatic carbocycles. The molecule has 1 heterocycles. The standard InChI is InChI=1S/C14H23NO4/c1-5-11-8-10(9-12(16)17)6-7-15(11)13(18)19-14(2,3)4/h6,11H,5,7-9H2,1-4H3,(H,16,17). The Hall–Kier alpha value is -1.52. The van der Waals surface area contributed by atoms with Crippen LogP contribution in [0, 0.1) is 0 Å². The van der Waals surface area contributed by atoms with E-state index < -0.39 is 11.6 Å². The van der Waals surface area contributed by atoms with Gasteiger partial charge in [0.2, 0.25) is 0 Å². The largest absolute Gasteiger partial charge is 0.481 e. The SMILES string of the molecule is CCC1CC(CC(=O)O)=CCN1C(=O)OC(C)(C)C. The number of nitrogens with zero attached hydrogens (tertiary/aromatic N) is 1. The maximum Gasteiger partial charge on any atom is 0.410 e. The second-order valence-corrected chi connectivity index (χ2v) is 5.83. The predicted octanol–water partition coefficient (Wildman–Crippen LogP) is 2.81. The Kier molecular flexibility index (Phi) is 4.97. The highest BCUT2D eigenvalue weighted by Gasteiger charge is 2.30. The van der Waals surface area contributed by atoms with Crippen molar-refractivity contribution in [3.05, 3.63) is 11.6 Å². The average molecular weight is 269 g/mol. The van der Waals surface area contributed by atoms with Crippen molar-refractivity contribution in [3.63, 3.8) is 0 Å². The second-order valence-electron chi connectivity index (χ2n) is 5.83. The molecule has 1 aliphatic rings. The van der Waals surface area contributed by atoms with Crippen LogP contribution < -0.4 is 0 Å². The van der Waals surface area contributed by atoms with Crippen molar-refractivity contribution in [1.29, 1.82) is 0 Å². The summed E-state index contributed by atoms with van der Waals surface area (Å²) in [5, 5.41) is 8.81. The first-order chi connectivity index (χ1) is 8.73. The Balaban J connectivity index is 2.72. The summed E-state index contributed by atoms with van der Waals surface area (Å²) in [5.74, 6) is -0.827. The molecule has 0 radical (unpaired) electrons. The molecule has 0 saturated heterocycles. The van der Waals surface area contributed by atoms with Crippen LogP contribution >= 0.6 is 0 Å². The smallest absolute Gasteiger partial charge is 0.410 e. The zero-order valence-electron chi connectivity index (χ0n) is 12.1. The van der Waals surface area contributed by atoms with Crippen LogP contribution in [0.1, 0.15) is 47.0 Å². The molecule has 108 valence electrons. The number of rotatable bonds is 3. The molecule has 0 fully saturated rings. The van der Waals surface area contributed by atoms with Gasteiger partial charge in [0.05, 0.1) is 6.42 Å². The Labute approximate surface area is 114 Å². The molecule has 1 rings (SSSR count). The average Bonchev–Trinajstić information content (AvgIpc) is 2.25. The fourth-order valence-corrected chi connectivity index (χ4v) is 2.12. The Morgan fingerprint density at radius 3 is 2.58 bits per heavy atom. The first-order valence-electron chi connectivity index (χ1n) is 6.62. The molecular formula is C14H23NO4. The minimum atomic E-state index is -0.827. The van der Waals surface area contributed by atoms with Crippen molar-refractivity contribution in [1.82, 2.24) is 4.90 Å². The van der Waals surface area contributed by atoms with E-state index in [0.717, 1.165) is 12.0 Å². The second kappa shape index (κ2) is 6.08. The molecular weight excluding hydrogens is 246 g/mol. The molecule has 0 spiro atoms. The number of amides is 1. The van der Waals surface area contributed by atoms with Crippen LogP contribution in [0.25, 0.3) is 0 Å². The molecule has 5 heteroatoms. The third kappa shape index (κ3) is 4.93. The molecule has 1 amide bonds. The zero-order chi connectivity index (χ0) is 14.6. The van der Waals surface area contributed by atoms with E-state index in [-0.39, 0.29) is 18.6 Å². The van der Waals surface area contributed by atoms with Crippen molar-refractivity contribution in [2.45, 2.75) is 58.6 Å². The highest BCUT2D eigenvalue weighted by atomic mass is 16.6. The van der Waals surface area contributed by atoms with Crippen LogP contribution in [-0.2, 0) is 9.53 Å². The maximum atomic E-state index is 12.1. The molecule has 1 atom stereocenters. The third-order valence-corrected chi connectivity index (χ3v) is 2.99. The van der Waals surface area contributed by atoms with Crippen molar-refractivity contribution >= 4 is 12.1 Å². The summed E-state index contributed by atoms with van der Waals surface area (Å²) < 4.78 is 5.37. The molecule has 0 aromatic heterocycles. The van der Waals surface area contributed by atoms with Gasteiger partial charge >= 0.3 is 12.1 Å². The Bertz CT molecular complexity index is 381. The molecule has 5 nitrogen and oxygen atoms in total. The van der Waals surface area contributed by atoms with Gasteiger partial charge in [-0.3, -0.25) is 4.79 Å². The van der Waals surface area contributed by atoms with Gasteiger partial charge in [0, 0.05) is 12.6 Å². The van der Waals surface area contributed by atoms with E-state index in [1.807, 2.05) is 33.8 Å². The van der Waals surface area contributed by atoms with Crippen LogP contribution in [0.4, 0.5) is 4.79 Å². The van der Waals surface area contributed by atoms with Crippen molar-refractivity contribution in [2.24, 2.45) is 0 Å². The van der Waals surface area contributed by atoms with Gasteiger partial charge in [0.1, 0.15) is 5.60 Å². The summed E-state index contributed by atoms with van der Waals surface area (Å²) in [6.07, 6.45) is 2.95. The van der Waals surface area contributed by atoms with E-state index in [9.17, 15) is 9.59 Å². The van der Waals surface area contributed by atoms with E-state index in [4.69, 9.17) is 9.84 Å². The van der Waals surface area contributed by atoms with E-state index in [2.05, 4.69) is 0 Å². The van der Waals surface area contributed by atoms with E-state index in [0.29, 0.717) is 13.0 Å². The predicted molar refractivity (Wildman–Crippen MR) is 72.0 cm³/mol. The fourth-order valence-electron chi connectivity index (χ4n) is 2.12. The molecule has 1 aliphatic heterocycles. The normalized spacial score (nSPS) is 19.9. The number of carbonyl (C=O) groups is 2. The van der Waals surface area contributed by atoms with Crippen molar-refractivity contribution in [2.75, 3.05) is 6.54 Å². The van der Waals surface area contributed by atoms with Gasteiger partial charge in [-0.25, -0.2) is 4.79 Å². The molecule has 0 aromatic rings. The van der Waals surface area contributed by atoms with Crippen LogP contribution in [0.15, 0.2) is 11.6 Å². The van der Waals surface area contributed by atoms with Gasteiger partial charge in [0.15, 0.2) is 0 Å². The number of hydrogen-bond donors (Lipinski definition) is 1. The van der Waals surface area contributed by atoms with Crippen LogP contribution in [-0.4, -0.2) is 40.3 Å². The summed E-state index contributed by atoms with van der Waals surface area (Å²) in [5.41, 5.74) is 0.375. The number of hydrogen-bond acceptors (Lipinski definition) is 3. The fraction of sp³-hybridized carbons (Fsp3) is 0.714. The number of aliphatic carboxylic acids is 1. The molecule has 0 bridgehead atoms. The lowest BCUT2D eigenvalue weighted by molar-refractivity contribution is -0.136. The Morgan fingerprint density at radius 2 is 2.11 bits per heavy atom. The highest BCUT2D eigenvalue weighted by Crippen LogP contribution is 2.24. The lowest BCUT2D eigenvalue weighted by atomic mass is 9.96. The molecule has 19 heavy (non-hydrogen) atoms. The Morgan fingerprint density at radius 1 is 1.47 bits per heavy atom. The molecule has 1 unspecified atom stereocenters. The van der Waals surface area contributed by atoms with E-state index in [1.54, 1.807) is 4.90 Å². The van der Waals surface area contributed by atoms with Gasteiger partial charge in [-0.05, 0) is 33.6 Å². The minimum Gasteiger partial charge on any atom is -0.481 e. The molecule has 1 N–H and O–H groups in total. The summed E-state index contributed by atoms with van der Waals surface area (Å²) in [6.45, 7) is 7.92. The van der Waals surface area contributed by atoms with Gasteiger partial charge < -0.3 is 14.7 Å². The van der Waals surface area contributed by atoms with Crippen LogP contribution in [0.3, 0.4) is 0 Å². The number of carboxylic acid groups (broad SMARTS) is 1. The number of carbonyl (C=O) groups excluding carboxylic acids is 1. The zero-order valence-corrected chi connectivity index (χ0v) is 12.1. The van der Waals surface area contributed by atoms with Crippen LogP contribution in [0.2, 0.25) is 0 Å². The highest BCUT2D eigenvalue weighted by molar-refractivity contribution is 5.71. The van der Waals surface area contributed by atoms with Gasteiger partial charge in [-0.15, -0.1) is 0 Å². The summed E-state index contributed by atoms with van der Waals surface area (Å²) >= 11 is 0. The molecule has 0 aromatic carbocycles. The first-order valence-corrected chi connectivity index (χ1v) is 6.62. The summed E-state index contributed by atoms with van der Waals surface area (Å²) in [4.78, 5) is 24.5. The summed E-state index contributed by atoms with van der Waals surface area (Å²) in [7, 11) is 0. The van der Waals surface area contributed by atoms with Crippen molar-refractivity contribution in [3.8, 4) is 0 Å². The van der Waals surface area contributed by atoms with Crippen LogP contribution in [0.5, 0.6) is 0 Å². The first kappa shape index (κ1) is 15.5. The van der Waals surface area contributed by atoms with E-state index in [1.165, 1.54) is 0 Å². The lowest BCUT2D eigenvalue weighted by Gasteiger charge is -2.35. The monoisotopic (exact) mass is 269 g/mol. The number of ether oxygens (including phenoxy) is 1. The summed E-state index contributed by atoms with van der Waals surface area (Å²) in [6, 6.07) is 0.0224. The minimum absolute atomic E-state index is 0.0224. The number of carboxylic acids is 1. The lowest BCUT2D eigenvalue weighted by Crippen LogP contribution is -2.45. The van der Waals surface area contributed by atoms with Gasteiger partial charge in [0.25, 0.3) is 0 Å². The quantitative estimate of drug-likeness (QED) is 0.800. The molecule has 0 saturated carbocycles. The van der Waals surface area contributed by atoms with Gasteiger partial charge in [-0.1, -0.05) is 18.6 Å². The maximum absolute atomic E-state index is 12.1. The van der Waals surface area contributed by atoms with Gasteiger partial charge in [-0.2, -0.15) is 0 Å². The topological polar surface area (TPSA) is 66.8 Å². The third-order valence-electron chi connectivity index (χ3n) is 2.99.